The van der Waals surface area contributed by atoms with Crippen molar-refractivity contribution in [2.24, 2.45) is 11.8 Å². The molecule has 7 rings (SSSR count). The lowest BCUT2D eigenvalue weighted by atomic mass is 10.0. The Balaban J connectivity index is 1.21. The summed E-state index contributed by atoms with van der Waals surface area (Å²) in [6, 6.07) is 15.5. The van der Waals surface area contributed by atoms with Gasteiger partial charge in [0.1, 0.15) is 5.39 Å². The summed E-state index contributed by atoms with van der Waals surface area (Å²) < 4.78 is 3.26. The lowest BCUT2D eigenvalue weighted by Gasteiger charge is -2.20. The average molecular weight is 499 g/mol. The summed E-state index contributed by atoms with van der Waals surface area (Å²) in [5, 5.41) is 7.59. The van der Waals surface area contributed by atoms with E-state index in [1.807, 2.05) is 24.3 Å². The van der Waals surface area contributed by atoms with Crippen molar-refractivity contribution in [3.63, 3.8) is 0 Å². The maximum absolute atomic E-state index is 13.4. The highest BCUT2D eigenvalue weighted by Crippen LogP contribution is 2.31. The number of benzene rings is 2. The zero-order valence-corrected chi connectivity index (χ0v) is 20.1. The molecule has 2 N–H and O–H groups in total. The van der Waals surface area contributed by atoms with Crippen molar-refractivity contribution in [3.8, 4) is 5.69 Å². The van der Waals surface area contributed by atoms with Crippen molar-refractivity contribution in [2.75, 3.05) is 36.4 Å². The van der Waals surface area contributed by atoms with E-state index in [-0.39, 0.29) is 5.56 Å². The summed E-state index contributed by atoms with van der Waals surface area (Å²) in [4.78, 5) is 29.4. The Hall–Kier alpha value is -3.95. The molecular weight excluding hydrogens is 476 g/mol. The molecule has 9 nitrogen and oxygen atoms in total. The Kier molecular flexibility index (Phi) is 4.93. The zero-order valence-electron chi connectivity index (χ0n) is 19.3. The lowest BCUT2D eigenvalue weighted by molar-refractivity contribution is 0.533. The minimum absolute atomic E-state index is 0.279. The molecule has 0 spiro atoms. The highest BCUT2D eigenvalue weighted by atomic mass is 35.5. The number of anilines is 3. The number of halogens is 1. The molecule has 2 aliphatic rings. The van der Waals surface area contributed by atoms with Gasteiger partial charge in [-0.1, -0.05) is 23.7 Å². The monoisotopic (exact) mass is 498 g/mol. The van der Waals surface area contributed by atoms with Crippen LogP contribution in [0.2, 0.25) is 5.02 Å². The van der Waals surface area contributed by atoms with E-state index < -0.39 is 0 Å². The minimum Gasteiger partial charge on any atom is -0.371 e. The molecule has 0 radical (unpaired) electrons. The zero-order chi connectivity index (χ0) is 24.2. The third-order valence-electron chi connectivity index (χ3n) is 7.22. The molecule has 0 bridgehead atoms. The number of fused-ring (bicyclic) bond motifs is 4. The van der Waals surface area contributed by atoms with E-state index >= 15 is 0 Å². The van der Waals surface area contributed by atoms with Crippen LogP contribution in [0.3, 0.4) is 0 Å². The summed E-state index contributed by atoms with van der Waals surface area (Å²) in [5.41, 5.74) is 2.86. The van der Waals surface area contributed by atoms with Gasteiger partial charge in [0.25, 0.3) is 5.56 Å². The third kappa shape index (κ3) is 3.42. The number of rotatable bonds is 4. The van der Waals surface area contributed by atoms with Gasteiger partial charge in [0.15, 0.2) is 5.65 Å². The maximum Gasteiger partial charge on any atom is 0.270 e. The molecule has 10 heteroatoms. The molecule has 2 unspecified atom stereocenters. The molecule has 3 aromatic heterocycles. The fraction of sp³-hybridized carbons (Fsp3) is 0.231. The van der Waals surface area contributed by atoms with Crippen molar-refractivity contribution in [1.82, 2.24) is 29.2 Å². The van der Waals surface area contributed by atoms with Gasteiger partial charge in [0.2, 0.25) is 11.7 Å². The quantitative estimate of drug-likeness (QED) is 0.392. The second-order valence-corrected chi connectivity index (χ2v) is 9.78. The van der Waals surface area contributed by atoms with Crippen LogP contribution >= 0.6 is 11.6 Å². The van der Waals surface area contributed by atoms with E-state index in [0.29, 0.717) is 33.5 Å². The molecule has 0 aliphatic carbocycles. The Bertz CT molecular complexity index is 1650. The minimum atomic E-state index is -0.279. The van der Waals surface area contributed by atoms with Crippen LogP contribution in [0.5, 0.6) is 0 Å². The van der Waals surface area contributed by atoms with Gasteiger partial charge in [-0.2, -0.15) is 4.98 Å². The predicted octanol–water partition coefficient (Wildman–Crippen LogP) is 3.48. The lowest BCUT2D eigenvalue weighted by Crippen LogP contribution is -2.25. The summed E-state index contributed by atoms with van der Waals surface area (Å²) in [7, 11) is 0. The van der Waals surface area contributed by atoms with E-state index in [1.54, 1.807) is 35.1 Å². The molecule has 0 amide bonds. The summed E-state index contributed by atoms with van der Waals surface area (Å²) in [6.45, 7) is 4.44. The first kappa shape index (κ1) is 21.3. The van der Waals surface area contributed by atoms with E-state index in [9.17, 15) is 4.79 Å². The van der Waals surface area contributed by atoms with Gasteiger partial charge < -0.3 is 15.5 Å². The topological polar surface area (TPSA) is 92.4 Å². The molecule has 2 aromatic carbocycles. The number of para-hydroxylation sites is 1. The SMILES string of the molecule is O=c1c2cnc(Nc3ccc(N4CC5CNCC5C4)cc3)nc2n2ccnc2n1-c1ccccc1Cl. The van der Waals surface area contributed by atoms with Crippen LogP contribution in [0, 0.1) is 11.8 Å². The molecular formula is C26H23ClN8O. The molecule has 180 valence electrons. The Labute approximate surface area is 211 Å². The summed E-state index contributed by atoms with van der Waals surface area (Å²) >= 11 is 6.40. The van der Waals surface area contributed by atoms with Crippen molar-refractivity contribution in [2.45, 2.75) is 0 Å². The first-order chi connectivity index (χ1) is 17.7. The van der Waals surface area contributed by atoms with Crippen LogP contribution in [-0.4, -0.2) is 50.1 Å². The van der Waals surface area contributed by atoms with E-state index in [1.165, 1.54) is 10.3 Å². The standard InChI is InChI=1S/C26H23ClN8O/c27-21-3-1-2-4-22(21)35-24(36)20-13-30-25(32-23(20)34-10-9-29-26(34)35)31-18-5-7-19(8-6-18)33-14-16-11-28-12-17(16)15-33/h1-10,13,16-17,28H,11-12,14-15H2,(H,30,31,32). The van der Waals surface area contributed by atoms with Gasteiger partial charge in [-0.3, -0.25) is 9.20 Å². The van der Waals surface area contributed by atoms with Crippen molar-refractivity contribution >= 4 is 45.7 Å². The molecule has 36 heavy (non-hydrogen) atoms. The number of nitrogens with one attached hydrogen (secondary N) is 2. The van der Waals surface area contributed by atoms with Gasteiger partial charge in [0.05, 0.1) is 10.7 Å². The number of hydrogen-bond acceptors (Lipinski definition) is 7. The number of aromatic nitrogens is 5. The van der Waals surface area contributed by atoms with Crippen LogP contribution in [0.4, 0.5) is 17.3 Å². The molecule has 5 aromatic rings. The fourth-order valence-corrected chi connectivity index (χ4v) is 5.63. The molecule has 2 atom stereocenters. The van der Waals surface area contributed by atoms with E-state index in [0.717, 1.165) is 43.7 Å². The maximum atomic E-state index is 13.4. The first-order valence-electron chi connectivity index (χ1n) is 12.0. The highest BCUT2D eigenvalue weighted by molar-refractivity contribution is 6.32. The number of nitrogens with zero attached hydrogens (tertiary/aromatic N) is 6. The van der Waals surface area contributed by atoms with E-state index in [2.05, 4.69) is 42.6 Å². The second-order valence-electron chi connectivity index (χ2n) is 9.38. The third-order valence-corrected chi connectivity index (χ3v) is 7.54. The van der Waals surface area contributed by atoms with Gasteiger partial charge in [-0.05, 0) is 48.2 Å². The van der Waals surface area contributed by atoms with Crippen molar-refractivity contribution in [3.05, 3.63) is 82.5 Å². The normalized spacial score (nSPS) is 19.3. The largest absolute Gasteiger partial charge is 0.371 e. The molecule has 2 fully saturated rings. The molecule has 0 saturated carbocycles. The van der Waals surface area contributed by atoms with Crippen molar-refractivity contribution < 1.29 is 0 Å². The fourth-order valence-electron chi connectivity index (χ4n) is 5.41. The number of imidazole rings is 1. The smallest absolute Gasteiger partial charge is 0.270 e. The molecule has 2 aliphatic heterocycles. The number of hydrogen-bond donors (Lipinski definition) is 2. The van der Waals surface area contributed by atoms with Gasteiger partial charge >= 0.3 is 0 Å². The highest BCUT2D eigenvalue weighted by Gasteiger charge is 2.36. The Morgan fingerprint density at radius 3 is 2.56 bits per heavy atom. The van der Waals surface area contributed by atoms with Crippen LogP contribution in [0.1, 0.15) is 0 Å². The van der Waals surface area contributed by atoms with Crippen molar-refractivity contribution in [1.29, 1.82) is 0 Å². The summed E-state index contributed by atoms with van der Waals surface area (Å²) in [5.74, 6) is 2.33. The Morgan fingerprint density at radius 2 is 1.78 bits per heavy atom. The van der Waals surface area contributed by atoms with Crippen LogP contribution in [0.15, 0.2) is 71.9 Å². The second kappa shape index (κ2) is 8.32. The van der Waals surface area contributed by atoms with Crippen LogP contribution in [-0.2, 0) is 0 Å². The Morgan fingerprint density at radius 1 is 1.00 bits per heavy atom. The van der Waals surface area contributed by atoms with Gasteiger partial charge in [0, 0.05) is 56.1 Å². The molecule has 2 saturated heterocycles. The average Bonchev–Trinajstić information content (AvgIpc) is 3.63. The van der Waals surface area contributed by atoms with Crippen LogP contribution in [0.25, 0.3) is 22.5 Å². The summed E-state index contributed by atoms with van der Waals surface area (Å²) in [6.07, 6.45) is 4.96. The van der Waals surface area contributed by atoms with Crippen LogP contribution < -0.4 is 21.1 Å². The van der Waals surface area contributed by atoms with E-state index in [4.69, 9.17) is 11.6 Å². The first-order valence-corrected chi connectivity index (χ1v) is 12.4. The van der Waals surface area contributed by atoms with Gasteiger partial charge in [-0.15, -0.1) is 0 Å². The molecule has 5 heterocycles. The predicted molar refractivity (Wildman–Crippen MR) is 141 cm³/mol. The van der Waals surface area contributed by atoms with Gasteiger partial charge in [-0.25, -0.2) is 14.5 Å².